The quantitative estimate of drug-likeness (QED) is 0.466. The molecule has 30 heavy (non-hydrogen) atoms. The Hall–Kier alpha value is -2.97. The fourth-order valence-electron chi connectivity index (χ4n) is 2.62. The Balaban J connectivity index is 1.74. The molecule has 2 aromatic rings. The van der Waals surface area contributed by atoms with Crippen LogP contribution in [0, 0.1) is 0 Å². The molecule has 1 aliphatic rings. The second kappa shape index (κ2) is 9.69. The van der Waals surface area contributed by atoms with E-state index in [0.717, 1.165) is 22.2 Å². The molecular weight excluding hydrogens is 430 g/mol. The number of carbonyl (C=O) groups excluding carboxylic acids is 3. The Kier molecular flexibility index (Phi) is 7.02. The number of rotatable bonds is 7. The molecule has 2 aromatic carbocycles. The molecule has 0 aliphatic carbocycles. The fraction of sp³-hybridized carbons (Fsp3) is 0.190. The van der Waals surface area contributed by atoms with Crippen LogP contribution in [-0.4, -0.2) is 42.8 Å². The molecule has 9 heteroatoms. The molecular formula is C21H18ClNO6S. The monoisotopic (exact) mass is 447 g/mol. The number of hydrogen-bond acceptors (Lipinski definition) is 7. The highest BCUT2D eigenvalue weighted by atomic mass is 35.5. The second-order valence-corrected chi connectivity index (χ2v) is 7.60. The van der Waals surface area contributed by atoms with Gasteiger partial charge in [-0.15, -0.1) is 0 Å². The summed E-state index contributed by atoms with van der Waals surface area (Å²) >= 11 is 6.65. The Morgan fingerprint density at radius 2 is 1.83 bits per heavy atom. The average Bonchev–Trinajstić information content (AvgIpc) is 3.00. The van der Waals surface area contributed by atoms with Gasteiger partial charge in [0.15, 0.2) is 11.5 Å². The highest BCUT2D eigenvalue weighted by Gasteiger charge is 2.36. The summed E-state index contributed by atoms with van der Waals surface area (Å²) in [6, 6.07) is 12.5. The predicted molar refractivity (Wildman–Crippen MR) is 113 cm³/mol. The van der Waals surface area contributed by atoms with Gasteiger partial charge in [-0.05, 0) is 53.2 Å². The van der Waals surface area contributed by atoms with Gasteiger partial charge in [0.2, 0.25) is 0 Å². The number of amides is 2. The molecule has 1 aliphatic heterocycles. The van der Waals surface area contributed by atoms with Crippen molar-refractivity contribution in [3.8, 4) is 11.5 Å². The maximum Gasteiger partial charge on any atom is 0.325 e. The number of nitrogens with zero attached hydrogens (tertiary/aromatic N) is 1. The van der Waals surface area contributed by atoms with Gasteiger partial charge in [0, 0.05) is 5.02 Å². The number of methoxy groups -OCH3 is 2. The van der Waals surface area contributed by atoms with Gasteiger partial charge < -0.3 is 14.2 Å². The van der Waals surface area contributed by atoms with Crippen molar-refractivity contribution in [3.63, 3.8) is 0 Å². The van der Waals surface area contributed by atoms with E-state index in [0.29, 0.717) is 28.7 Å². The van der Waals surface area contributed by atoms with Gasteiger partial charge in [-0.25, -0.2) is 0 Å². The van der Waals surface area contributed by atoms with E-state index in [9.17, 15) is 14.4 Å². The van der Waals surface area contributed by atoms with E-state index in [1.165, 1.54) is 14.2 Å². The van der Waals surface area contributed by atoms with Crippen LogP contribution in [0.25, 0.3) is 6.08 Å². The minimum atomic E-state index is -0.664. The molecule has 7 nitrogen and oxygen atoms in total. The van der Waals surface area contributed by atoms with Crippen LogP contribution < -0.4 is 9.47 Å². The maximum absolute atomic E-state index is 12.4. The third-order valence-corrected chi connectivity index (χ3v) is 5.34. The average molecular weight is 448 g/mol. The maximum atomic E-state index is 12.4. The Morgan fingerprint density at radius 1 is 1.10 bits per heavy atom. The SMILES string of the molecule is COC(=O)CN1C(=O)S/C(=C/c2ccc(OCc3ccc(Cl)cc3)c(OC)c2)C1=O. The molecule has 156 valence electrons. The van der Waals surface area contributed by atoms with Gasteiger partial charge in [-0.1, -0.05) is 29.8 Å². The van der Waals surface area contributed by atoms with Crippen molar-refractivity contribution in [2.24, 2.45) is 0 Å². The summed E-state index contributed by atoms with van der Waals surface area (Å²) < 4.78 is 15.7. The number of benzene rings is 2. The number of halogens is 1. The molecule has 0 saturated carbocycles. The Labute approximate surface area is 182 Å². The standard InChI is InChI=1S/C21H18ClNO6S/c1-27-17-9-14(5-8-16(17)29-12-13-3-6-15(22)7-4-13)10-18-20(25)23(21(26)30-18)11-19(24)28-2/h3-10H,11-12H2,1-2H3/b18-10+. The van der Waals surface area contributed by atoms with Crippen LogP contribution in [0.1, 0.15) is 11.1 Å². The van der Waals surface area contributed by atoms with Gasteiger partial charge in [-0.2, -0.15) is 0 Å². The molecule has 0 N–H and O–H groups in total. The van der Waals surface area contributed by atoms with Crippen molar-refractivity contribution in [3.05, 3.63) is 63.5 Å². The molecule has 1 saturated heterocycles. The molecule has 3 rings (SSSR count). The summed E-state index contributed by atoms with van der Waals surface area (Å²) in [5, 5.41) is 0.128. The smallest absolute Gasteiger partial charge is 0.325 e. The number of imide groups is 1. The first-order chi connectivity index (χ1) is 14.4. The molecule has 1 heterocycles. The van der Waals surface area contributed by atoms with E-state index in [4.69, 9.17) is 21.1 Å². The van der Waals surface area contributed by atoms with Gasteiger partial charge in [0.1, 0.15) is 13.2 Å². The Morgan fingerprint density at radius 3 is 2.50 bits per heavy atom. The van der Waals surface area contributed by atoms with Crippen LogP contribution in [-0.2, 0) is 20.9 Å². The van der Waals surface area contributed by atoms with Crippen molar-refractivity contribution in [1.82, 2.24) is 4.90 Å². The normalized spacial score (nSPS) is 14.9. The van der Waals surface area contributed by atoms with Crippen molar-refractivity contribution >= 4 is 46.6 Å². The van der Waals surface area contributed by atoms with Gasteiger partial charge in [-0.3, -0.25) is 19.3 Å². The van der Waals surface area contributed by atoms with Crippen LogP contribution in [0.15, 0.2) is 47.4 Å². The first-order valence-corrected chi connectivity index (χ1v) is 9.98. The number of esters is 1. The lowest BCUT2D eigenvalue weighted by Crippen LogP contribution is -2.34. The molecule has 0 spiro atoms. The lowest BCUT2D eigenvalue weighted by molar-refractivity contribution is -0.143. The summed E-state index contributed by atoms with van der Waals surface area (Å²) in [7, 11) is 2.71. The number of hydrogen-bond donors (Lipinski definition) is 0. The first kappa shape index (κ1) is 21.7. The van der Waals surface area contributed by atoms with E-state index in [-0.39, 0.29) is 4.91 Å². The Bertz CT molecular complexity index is 1010. The minimum absolute atomic E-state index is 0.209. The summed E-state index contributed by atoms with van der Waals surface area (Å²) in [6.07, 6.45) is 1.56. The van der Waals surface area contributed by atoms with Crippen LogP contribution in [0.3, 0.4) is 0 Å². The molecule has 0 bridgehead atoms. The summed E-state index contributed by atoms with van der Waals surface area (Å²) in [4.78, 5) is 36.9. The highest BCUT2D eigenvalue weighted by molar-refractivity contribution is 8.18. The van der Waals surface area contributed by atoms with Crippen LogP contribution in [0.5, 0.6) is 11.5 Å². The van der Waals surface area contributed by atoms with Gasteiger partial charge >= 0.3 is 5.97 Å². The van der Waals surface area contributed by atoms with Crippen molar-refractivity contribution in [1.29, 1.82) is 0 Å². The molecule has 0 radical (unpaired) electrons. The lowest BCUT2D eigenvalue weighted by Gasteiger charge is -2.12. The van der Waals surface area contributed by atoms with E-state index in [1.807, 2.05) is 12.1 Å². The number of carbonyl (C=O) groups is 3. The molecule has 0 aromatic heterocycles. The zero-order chi connectivity index (χ0) is 21.7. The summed E-state index contributed by atoms with van der Waals surface area (Å²) in [5.74, 6) is -0.199. The molecule has 1 fully saturated rings. The van der Waals surface area contributed by atoms with E-state index >= 15 is 0 Å². The van der Waals surface area contributed by atoms with Crippen molar-refractivity contribution in [2.75, 3.05) is 20.8 Å². The predicted octanol–water partition coefficient (Wildman–Crippen LogP) is 4.14. The highest BCUT2D eigenvalue weighted by Crippen LogP contribution is 2.34. The molecule has 2 amide bonds. The topological polar surface area (TPSA) is 82.1 Å². The van der Waals surface area contributed by atoms with Crippen LogP contribution >= 0.6 is 23.4 Å². The van der Waals surface area contributed by atoms with E-state index < -0.39 is 23.7 Å². The van der Waals surface area contributed by atoms with E-state index in [1.54, 1.807) is 36.4 Å². The lowest BCUT2D eigenvalue weighted by atomic mass is 10.1. The van der Waals surface area contributed by atoms with Gasteiger partial charge in [0.05, 0.1) is 19.1 Å². The fourth-order valence-corrected chi connectivity index (χ4v) is 3.58. The zero-order valence-corrected chi connectivity index (χ0v) is 17.8. The third kappa shape index (κ3) is 5.14. The first-order valence-electron chi connectivity index (χ1n) is 8.78. The minimum Gasteiger partial charge on any atom is -0.493 e. The zero-order valence-electron chi connectivity index (χ0n) is 16.2. The molecule has 0 atom stereocenters. The number of thioether (sulfide) groups is 1. The summed E-state index contributed by atoms with van der Waals surface area (Å²) in [6.45, 7) is -0.0847. The largest absolute Gasteiger partial charge is 0.493 e. The van der Waals surface area contributed by atoms with Crippen molar-refractivity contribution < 1.29 is 28.6 Å². The summed E-state index contributed by atoms with van der Waals surface area (Å²) in [5.41, 5.74) is 1.60. The second-order valence-electron chi connectivity index (χ2n) is 6.17. The third-order valence-electron chi connectivity index (χ3n) is 4.18. The van der Waals surface area contributed by atoms with Crippen LogP contribution in [0.2, 0.25) is 5.02 Å². The van der Waals surface area contributed by atoms with Gasteiger partial charge in [0.25, 0.3) is 11.1 Å². The number of ether oxygens (including phenoxy) is 3. The van der Waals surface area contributed by atoms with Crippen molar-refractivity contribution in [2.45, 2.75) is 6.61 Å². The van der Waals surface area contributed by atoms with E-state index in [2.05, 4.69) is 4.74 Å². The molecule has 0 unspecified atom stereocenters. The van der Waals surface area contributed by atoms with Crippen LogP contribution in [0.4, 0.5) is 4.79 Å².